The van der Waals surface area contributed by atoms with Crippen LogP contribution in [0.2, 0.25) is 0 Å². The molecule has 0 unspecified atom stereocenters. The third kappa shape index (κ3) is 5.53. The molecule has 0 spiro atoms. The van der Waals surface area contributed by atoms with Gasteiger partial charge in [-0.2, -0.15) is 4.31 Å². The second kappa shape index (κ2) is 9.66. The van der Waals surface area contributed by atoms with Crippen molar-refractivity contribution in [3.05, 3.63) is 59.7 Å². The predicted octanol–water partition coefficient (Wildman–Crippen LogP) is 2.39. The Balaban J connectivity index is 1.62. The number of nitrogens with zero attached hydrogens (tertiary/aromatic N) is 1. The number of carbonyl (C=O) groups excluding carboxylic acids is 1. The van der Waals surface area contributed by atoms with E-state index in [-0.39, 0.29) is 35.2 Å². The minimum absolute atomic E-state index is 0.0189. The number of ether oxygens (including phenoxy) is 1. The molecule has 0 aliphatic carbocycles. The normalized spacial score (nSPS) is 15.2. The zero-order valence-corrected chi connectivity index (χ0v) is 17.1. The molecule has 1 aliphatic rings. The van der Waals surface area contributed by atoms with E-state index >= 15 is 0 Å². The number of morpholine rings is 1. The molecule has 10 heteroatoms. The Kier molecular flexibility index (Phi) is 7.23. The Labute approximate surface area is 172 Å². The van der Waals surface area contributed by atoms with Crippen LogP contribution >= 0.6 is 11.8 Å². The summed E-state index contributed by atoms with van der Waals surface area (Å²) in [6.45, 7) is 1.27. The molecule has 2 aromatic carbocycles. The maximum Gasteiger partial charge on any atom is 0.243 e. The molecule has 29 heavy (non-hydrogen) atoms. The molecular weight excluding hydrogens is 422 g/mol. The molecule has 2 aromatic rings. The van der Waals surface area contributed by atoms with Gasteiger partial charge in [-0.25, -0.2) is 17.2 Å². The van der Waals surface area contributed by atoms with E-state index in [0.29, 0.717) is 18.8 Å². The Bertz CT molecular complexity index is 980. The standard InChI is InChI=1S/C19H20F2N2O4S2/c20-15-5-6-17(16(21)11-15)28-13-19(24)22-12-14-3-1-2-4-18(14)29(25,26)23-7-9-27-10-8-23/h1-6,11H,7-10,12-13H2,(H,22,24). The molecule has 0 atom stereocenters. The zero-order chi connectivity index (χ0) is 20.9. The van der Waals surface area contributed by atoms with Gasteiger partial charge in [-0.15, -0.1) is 11.8 Å². The van der Waals surface area contributed by atoms with Gasteiger partial charge in [-0.1, -0.05) is 18.2 Å². The largest absolute Gasteiger partial charge is 0.379 e. The zero-order valence-electron chi connectivity index (χ0n) is 15.4. The summed E-state index contributed by atoms with van der Waals surface area (Å²) in [5, 5.41) is 2.65. The SMILES string of the molecule is O=C(CSc1ccc(F)cc1F)NCc1ccccc1S(=O)(=O)N1CCOCC1. The van der Waals surface area contributed by atoms with Crippen molar-refractivity contribution in [3.63, 3.8) is 0 Å². The number of amides is 1. The first-order chi connectivity index (χ1) is 13.9. The van der Waals surface area contributed by atoms with E-state index in [2.05, 4.69) is 5.32 Å². The maximum absolute atomic E-state index is 13.6. The van der Waals surface area contributed by atoms with Gasteiger partial charge >= 0.3 is 0 Å². The number of carbonyl (C=O) groups is 1. The number of rotatable bonds is 7. The van der Waals surface area contributed by atoms with Gasteiger partial charge < -0.3 is 10.1 Å². The third-order valence-corrected chi connectivity index (χ3v) is 7.34. The van der Waals surface area contributed by atoms with Crippen LogP contribution in [0.4, 0.5) is 8.78 Å². The number of hydrogen-bond acceptors (Lipinski definition) is 5. The monoisotopic (exact) mass is 442 g/mol. The van der Waals surface area contributed by atoms with E-state index in [1.54, 1.807) is 18.2 Å². The average molecular weight is 443 g/mol. The van der Waals surface area contributed by atoms with Crippen LogP contribution < -0.4 is 5.32 Å². The maximum atomic E-state index is 13.6. The molecule has 1 saturated heterocycles. The Hall–Kier alpha value is -2.01. The summed E-state index contributed by atoms with van der Waals surface area (Å²) in [6.07, 6.45) is 0. The molecule has 1 N–H and O–H groups in total. The molecule has 1 heterocycles. The van der Waals surface area contributed by atoms with Crippen molar-refractivity contribution in [2.75, 3.05) is 32.1 Å². The van der Waals surface area contributed by atoms with Gasteiger partial charge in [0.15, 0.2) is 0 Å². The summed E-state index contributed by atoms with van der Waals surface area (Å²) in [5.41, 5.74) is 0.463. The highest BCUT2D eigenvalue weighted by Crippen LogP contribution is 2.23. The van der Waals surface area contributed by atoms with Gasteiger partial charge in [0.05, 0.1) is 23.9 Å². The molecule has 1 fully saturated rings. The quantitative estimate of drug-likeness (QED) is 0.667. The van der Waals surface area contributed by atoms with Gasteiger partial charge in [-0.3, -0.25) is 4.79 Å². The van der Waals surface area contributed by atoms with Crippen LogP contribution in [-0.4, -0.2) is 50.7 Å². The lowest BCUT2D eigenvalue weighted by atomic mass is 10.2. The van der Waals surface area contributed by atoms with E-state index in [4.69, 9.17) is 4.74 Å². The second-order valence-electron chi connectivity index (χ2n) is 6.26. The highest BCUT2D eigenvalue weighted by Gasteiger charge is 2.28. The Morgan fingerprint density at radius 3 is 2.59 bits per heavy atom. The highest BCUT2D eigenvalue weighted by molar-refractivity contribution is 8.00. The molecule has 1 amide bonds. The minimum Gasteiger partial charge on any atom is -0.379 e. The molecule has 6 nitrogen and oxygen atoms in total. The fraction of sp³-hybridized carbons (Fsp3) is 0.316. The molecule has 1 aliphatic heterocycles. The van der Waals surface area contributed by atoms with Crippen molar-refractivity contribution in [1.82, 2.24) is 9.62 Å². The van der Waals surface area contributed by atoms with Crippen LogP contribution in [0.3, 0.4) is 0 Å². The number of hydrogen-bond donors (Lipinski definition) is 1. The predicted molar refractivity (Wildman–Crippen MR) is 105 cm³/mol. The van der Waals surface area contributed by atoms with Crippen LogP contribution in [0, 0.1) is 11.6 Å². The lowest BCUT2D eigenvalue weighted by molar-refractivity contribution is -0.118. The van der Waals surface area contributed by atoms with Gasteiger partial charge in [0.2, 0.25) is 15.9 Å². The van der Waals surface area contributed by atoms with E-state index in [1.165, 1.54) is 16.4 Å². The molecule has 0 radical (unpaired) electrons. The molecular formula is C19H20F2N2O4S2. The van der Waals surface area contributed by atoms with Crippen LogP contribution in [0.1, 0.15) is 5.56 Å². The van der Waals surface area contributed by atoms with E-state index in [9.17, 15) is 22.0 Å². The van der Waals surface area contributed by atoms with Crippen molar-refractivity contribution < 1.29 is 26.7 Å². The van der Waals surface area contributed by atoms with Crippen molar-refractivity contribution in [1.29, 1.82) is 0 Å². The lowest BCUT2D eigenvalue weighted by Crippen LogP contribution is -2.41. The van der Waals surface area contributed by atoms with E-state index < -0.39 is 27.6 Å². The third-order valence-electron chi connectivity index (χ3n) is 4.29. The Morgan fingerprint density at radius 1 is 1.14 bits per heavy atom. The summed E-state index contributed by atoms with van der Waals surface area (Å²) in [5.74, 6) is -1.89. The van der Waals surface area contributed by atoms with Crippen molar-refractivity contribution >= 4 is 27.7 Å². The number of thioether (sulfide) groups is 1. The fourth-order valence-electron chi connectivity index (χ4n) is 2.81. The van der Waals surface area contributed by atoms with E-state index in [1.807, 2.05) is 0 Å². The molecule has 0 saturated carbocycles. The molecule has 156 valence electrons. The van der Waals surface area contributed by atoms with Crippen LogP contribution in [0.5, 0.6) is 0 Å². The van der Waals surface area contributed by atoms with Gasteiger partial charge in [0, 0.05) is 30.6 Å². The molecule has 3 rings (SSSR count). The highest BCUT2D eigenvalue weighted by atomic mass is 32.2. The van der Waals surface area contributed by atoms with Crippen LogP contribution in [-0.2, 0) is 26.1 Å². The summed E-state index contributed by atoms with van der Waals surface area (Å²) in [6, 6.07) is 9.62. The lowest BCUT2D eigenvalue weighted by Gasteiger charge is -2.27. The van der Waals surface area contributed by atoms with Gasteiger partial charge in [-0.05, 0) is 23.8 Å². The number of sulfonamides is 1. The molecule has 0 aromatic heterocycles. The molecule has 0 bridgehead atoms. The summed E-state index contributed by atoms with van der Waals surface area (Å²) >= 11 is 0.937. The van der Waals surface area contributed by atoms with Crippen LogP contribution in [0.15, 0.2) is 52.3 Å². The smallest absolute Gasteiger partial charge is 0.243 e. The number of halogens is 2. The summed E-state index contributed by atoms with van der Waals surface area (Å²) < 4.78 is 59.0. The van der Waals surface area contributed by atoms with Crippen molar-refractivity contribution in [2.24, 2.45) is 0 Å². The van der Waals surface area contributed by atoms with Crippen molar-refractivity contribution in [2.45, 2.75) is 16.3 Å². The number of benzene rings is 2. The number of nitrogens with one attached hydrogen (secondary N) is 1. The first kappa shape index (κ1) is 21.7. The fourth-order valence-corrected chi connectivity index (χ4v) is 5.19. The van der Waals surface area contributed by atoms with Crippen molar-refractivity contribution in [3.8, 4) is 0 Å². The van der Waals surface area contributed by atoms with E-state index in [0.717, 1.165) is 23.9 Å². The average Bonchev–Trinajstić information content (AvgIpc) is 2.72. The summed E-state index contributed by atoms with van der Waals surface area (Å²) in [7, 11) is -3.69. The minimum atomic E-state index is -3.69. The Morgan fingerprint density at radius 2 is 1.86 bits per heavy atom. The first-order valence-corrected chi connectivity index (χ1v) is 11.3. The summed E-state index contributed by atoms with van der Waals surface area (Å²) in [4.78, 5) is 12.4. The second-order valence-corrected chi connectivity index (χ2v) is 9.19. The topological polar surface area (TPSA) is 75.7 Å². The van der Waals surface area contributed by atoms with Gasteiger partial charge in [0.25, 0.3) is 0 Å². The first-order valence-electron chi connectivity index (χ1n) is 8.88. The van der Waals surface area contributed by atoms with Gasteiger partial charge in [0.1, 0.15) is 11.6 Å². The van der Waals surface area contributed by atoms with Crippen LogP contribution in [0.25, 0.3) is 0 Å².